The maximum absolute atomic E-state index is 15.6. The summed E-state index contributed by atoms with van der Waals surface area (Å²) < 4.78 is 51.0. The van der Waals surface area contributed by atoms with Crippen LogP contribution in [0.4, 0.5) is 18.9 Å². The van der Waals surface area contributed by atoms with Gasteiger partial charge in [0.25, 0.3) is 5.92 Å². The summed E-state index contributed by atoms with van der Waals surface area (Å²) >= 11 is 0. The van der Waals surface area contributed by atoms with Crippen molar-refractivity contribution in [2.24, 2.45) is 5.92 Å². The fourth-order valence-corrected chi connectivity index (χ4v) is 6.87. The molecule has 1 N–H and O–H groups in total. The summed E-state index contributed by atoms with van der Waals surface area (Å²) in [6.45, 7) is 0.753. The highest BCUT2D eigenvalue weighted by Crippen LogP contribution is 2.40. The Morgan fingerprint density at radius 1 is 0.935 bits per heavy atom. The topological polar surface area (TPSA) is 80.5 Å². The summed E-state index contributed by atoms with van der Waals surface area (Å²) in [5.74, 6) is -3.65. The number of carboxylic acid groups (broad SMARTS) is 1. The zero-order valence-corrected chi connectivity index (χ0v) is 25.3. The second kappa shape index (κ2) is 12.3. The third kappa shape index (κ3) is 6.12. The Hall–Kier alpha value is -4.60. The Morgan fingerprint density at radius 3 is 2.54 bits per heavy atom. The molecule has 3 heterocycles. The highest BCUT2D eigenvalue weighted by Gasteiger charge is 2.36. The van der Waals surface area contributed by atoms with Crippen LogP contribution < -0.4 is 9.64 Å². The number of fused-ring (bicyclic) bond motifs is 2. The molecule has 0 amide bonds. The lowest BCUT2D eigenvalue weighted by molar-refractivity contribution is -0.143. The number of ether oxygens (including phenoxy) is 1. The molecular formula is C36H35F3N4O3. The van der Waals surface area contributed by atoms with E-state index in [0.717, 1.165) is 35.0 Å². The van der Waals surface area contributed by atoms with Gasteiger partial charge in [-0.15, -0.1) is 0 Å². The van der Waals surface area contributed by atoms with Gasteiger partial charge < -0.3 is 19.3 Å². The monoisotopic (exact) mass is 628 g/mol. The summed E-state index contributed by atoms with van der Waals surface area (Å²) in [5, 5.41) is 11.1. The van der Waals surface area contributed by atoms with E-state index < -0.39 is 23.6 Å². The van der Waals surface area contributed by atoms with Crippen LogP contribution in [0.2, 0.25) is 0 Å². The molecule has 7 nitrogen and oxygen atoms in total. The van der Waals surface area contributed by atoms with Gasteiger partial charge in [-0.25, -0.2) is 23.1 Å². The molecule has 238 valence electrons. The number of carbonyl (C=O) groups is 1. The number of imidazole rings is 1. The Kier molecular flexibility index (Phi) is 8.04. The van der Waals surface area contributed by atoms with Crippen LogP contribution in [0.15, 0.2) is 72.8 Å². The number of hydrogen-bond donors (Lipinski definition) is 1. The standard InChI is InChI=1S/C36H35F3N4O3/c37-30-19-26(42-17-15-36(38,39)16-18-42)12-10-24(30)21-43-33-14-13-27(46-22-25-11-9-23-5-1-4-8-31(23)40-25)20-32(33)41-34(43)28-6-2-3-7-29(28)35(44)45/h1,4-5,8-14,19-20,28-29H,2-3,6-7,15-18,21-22H2,(H,44,45)/t28?,29-/m0/s1. The highest BCUT2D eigenvalue weighted by molar-refractivity contribution is 5.79. The summed E-state index contributed by atoms with van der Waals surface area (Å²) in [6, 6.07) is 22.3. The SMILES string of the molecule is O=C(O)[C@H]1CCCCC1c1nc2cc(OCc3ccc4ccccc4n3)ccc2n1Cc1ccc(N2CCC(F)(F)CC2)cc1F. The molecular weight excluding hydrogens is 593 g/mol. The maximum atomic E-state index is 15.6. The Labute approximate surface area is 264 Å². The number of benzene rings is 3. The van der Waals surface area contributed by atoms with Crippen LogP contribution in [0.25, 0.3) is 21.9 Å². The van der Waals surface area contributed by atoms with Gasteiger partial charge in [0.1, 0.15) is 24.0 Å². The molecule has 3 aromatic carbocycles. The Morgan fingerprint density at radius 2 is 1.74 bits per heavy atom. The predicted octanol–water partition coefficient (Wildman–Crippen LogP) is 7.94. The van der Waals surface area contributed by atoms with E-state index in [1.807, 2.05) is 59.2 Å². The molecule has 0 spiro atoms. The number of para-hydroxylation sites is 1. The van der Waals surface area contributed by atoms with E-state index in [4.69, 9.17) is 9.72 Å². The molecule has 1 aliphatic carbocycles. The van der Waals surface area contributed by atoms with Gasteiger partial charge in [0.2, 0.25) is 0 Å². The van der Waals surface area contributed by atoms with Crippen molar-refractivity contribution in [3.05, 3.63) is 95.7 Å². The van der Waals surface area contributed by atoms with Crippen molar-refractivity contribution >= 4 is 33.6 Å². The third-order valence-corrected chi connectivity index (χ3v) is 9.43. The first kappa shape index (κ1) is 30.1. The van der Waals surface area contributed by atoms with Gasteiger partial charge in [0.15, 0.2) is 0 Å². The predicted molar refractivity (Wildman–Crippen MR) is 170 cm³/mol. The minimum atomic E-state index is -2.68. The molecule has 0 radical (unpaired) electrons. The quantitative estimate of drug-likeness (QED) is 0.188. The third-order valence-electron chi connectivity index (χ3n) is 9.43. The number of aromatic nitrogens is 3. The first-order valence-electron chi connectivity index (χ1n) is 15.9. The van der Waals surface area contributed by atoms with Gasteiger partial charge in [-0.05, 0) is 49.2 Å². The second-order valence-corrected chi connectivity index (χ2v) is 12.4. The van der Waals surface area contributed by atoms with Crippen molar-refractivity contribution in [2.45, 2.75) is 63.5 Å². The van der Waals surface area contributed by atoms with Gasteiger partial charge in [-0.2, -0.15) is 0 Å². The van der Waals surface area contributed by atoms with Crippen molar-refractivity contribution in [3.63, 3.8) is 0 Å². The molecule has 1 unspecified atom stereocenters. The van der Waals surface area contributed by atoms with Gasteiger partial charge >= 0.3 is 5.97 Å². The summed E-state index contributed by atoms with van der Waals surface area (Å²) in [4.78, 5) is 23.7. The normalized spacial score (nSPS) is 19.8. The molecule has 1 aliphatic heterocycles. The van der Waals surface area contributed by atoms with E-state index in [0.29, 0.717) is 41.2 Å². The summed E-state index contributed by atoms with van der Waals surface area (Å²) in [5.41, 5.74) is 4.06. The van der Waals surface area contributed by atoms with Gasteiger partial charge in [0, 0.05) is 54.6 Å². The molecule has 1 saturated heterocycles. The average Bonchev–Trinajstić information content (AvgIpc) is 3.41. The molecule has 2 atom stereocenters. The zero-order valence-electron chi connectivity index (χ0n) is 25.3. The number of pyridine rings is 1. The molecule has 0 bridgehead atoms. The van der Waals surface area contributed by atoms with Crippen molar-refractivity contribution in [1.29, 1.82) is 0 Å². The van der Waals surface area contributed by atoms with E-state index >= 15 is 4.39 Å². The van der Waals surface area contributed by atoms with Crippen LogP contribution in [-0.2, 0) is 17.9 Å². The van der Waals surface area contributed by atoms with Crippen LogP contribution >= 0.6 is 0 Å². The lowest BCUT2D eigenvalue weighted by atomic mass is 9.78. The van der Waals surface area contributed by atoms with Crippen LogP contribution in [-0.4, -0.2) is 44.6 Å². The summed E-state index contributed by atoms with van der Waals surface area (Å²) in [7, 11) is 0. The van der Waals surface area contributed by atoms with Crippen LogP contribution in [0.1, 0.15) is 61.5 Å². The number of hydrogen-bond acceptors (Lipinski definition) is 5. The molecule has 7 rings (SSSR count). The first-order valence-corrected chi connectivity index (χ1v) is 15.9. The lowest BCUT2D eigenvalue weighted by Crippen LogP contribution is -2.39. The van der Waals surface area contributed by atoms with Gasteiger partial charge in [-0.1, -0.05) is 43.2 Å². The van der Waals surface area contributed by atoms with E-state index in [9.17, 15) is 18.7 Å². The van der Waals surface area contributed by atoms with Crippen LogP contribution in [0.5, 0.6) is 5.75 Å². The number of anilines is 1. The number of rotatable bonds is 8. The molecule has 2 fully saturated rings. The number of nitrogens with zero attached hydrogens (tertiary/aromatic N) is 4. The minimum absolute atomic E-state index is 0.153. The maximum Gasteiger partial charge on any atom is 0.307 e. The van der Waals surface area contributed by atoms with E-state index in [1.165, 1.54) is 6.07 Å². The number of piperidine rings is 1. The minimum Gasteiger partial charge on any atom is -0.487 e. The Balaban J connectivity index is 1.19. The molecule has 1 saturated carbocycles. The number of aliphatic carboxylic acids is 1. The molecule has 2 aliphatic rings. The molecule has 10 heteroatoms. The summed E-state index contributed by atoms with van der Waals surface area (Å²) in [6.07, 6.45) is 2.47. The van der Waals surface area contributed by atoms with E-state index in [2.05, 4.69) is 4.98 Å². The van der Waals surface area contributed by atoms with Gasteiger partial charge in [0.05, 0.1) is 34.7 Å². The van der Waals surface area contributed by atoms with Crippen molar-refractivity contribution in [3.8, 4) is 5.75 Å². The largest absolute Gasteiger partial charge is 0.487 e. The van der Waals surface area contributed by atoms with Crippen LogP contribution in [0.3, 0.4) is 0 Å². The highest BCUT2D eigenvalue weighted by atomic mass is 19.3. The lowest BCUT2D eigenvalue weighted by Gasteiger charge is -2.33. The fraction of sp³-hybridized carbons (Fsp3) is 0.361. The van der Waals surface area contributed by atoms with Crippen molar-refractivity contribution in [1.82, 2.24) is 14.5 Å². The molecule has 5 aromatic rings. The van der Waals surface area contributed by atoms with E-state index in [1.54, 1.807) is 17.0 Å². The molecule has 2 aromatic heterocycles. The van der Waals surface area contributed by atoms with Crippen molar-refractivity contribution < 1.29 is 27.8 Å². The van der Waals surface area contributed by atoms with Crippen LogP contribution in [0, 0.1) is 11.7 Å². The fourth-order valence-electron chi connectivity index (χ4n) is 6.87. The zero-order chi connectivity index (χ0) is 31.8. The number of alkyl halides is 2. The van der Waals surface area contributed by atoms with Gasteiger partial charge in [-0.3, -0.25) is 4.79 Å². The Bertz CT molecular complexity index is 1900. The smallest absolute Gasteiger partial charge is 0.307 e. The van der Waals surface area contributed by atoms with E-state index in [-0.39, 0.29) is 45.0 Å². The molecule has 46 heavy (non-hydrogen) atoms. The number of carboxylic acids is 1. The first-order chi connectivity index (χ1) is 22.2. The number of halogens is 3. The average molecular weight is 629 g/mol. The second-order valence-electron chi connectivity index (χ2n) is 12.4. The van der Waals surface area contributed by atoms with Crippen molar-refractivity contribution in [2.75, 3.05) is 18.0 Å².